The summed E-state index contributed by atoms with van der Waals surface area (Å²) in [4.78, 5) is 21.5. The minimum absolute atomic E-state index is 0.0314. The second-order valence-corrected chi connectivity index (χ2v) is 7.27. The van der Waals surface area contributed by atoms with Crippen LogP contribution in [0.25, 0.3) is 10.9 Å². The van der Waals surface area contributed by atoms with Crippen molar-refractivity contribution in [2.45, 2.75) is 25.7 Å². The maximum Gasteiger partial charge on any atom is 0.248 e. The summed E-state index contributed by atoms with van der Waals surface area (Å²) in [5.41, 5.74) is 3.17. The van der Waals surface area contributed by atoms with E-state index in [9.17, 15) is 4.79 Å². The average molecular weight is 379 g/mol. The fourth-order valence-electron chi connectivity index (χ4n) is 4.02. The van der Waals surface area contributed by atoms with Gasteiger partial charge in [-0.3, -0.25) is 4.79 Å². The first-order valence-corrected chi connectivity index (χ1v) is 9.56. The highest BCUT2D eigenvalue weighted by Crippen LogP contribution is 2.35. The Bertz CT molecular complexity index is 1050. The molecular formula is C22H25N3O3. The SMILES string of the molecule is COc1cc2nc(N3CCC(c4cc[nH]c(=O)c4)CC3)cc(C)c2cc1OC. The molecule has 0 bridgehead atoms. The lowest BCUT2D eigenvalue weighted by atomic mass is 9.90. The summed E-state index contributed by atoms with van der Waals surface area (Å²) in [5, 5.41) is 1.07. The van der Waals surface area contributed by atoms with Crippen LogP contribution in [0.1, 0.15) is 29.9 Å². The van der Waals surface area contributed by atoms with Crippen LogP contribution in [-0.2, 0) is 0 Å². The monoisotopic (exact) mass is 379 g/mol. The molecule has 3 aromatic rings. The quantitative estimate of drug-likeness (QED) is 0.750. The number of pyridine rings is 2. The van der Waals surface area contributed by atoms with Gasteiger partial charge in [0.2, 0.25) is 5.56 Å². The van der Waals surface area contributed by atoms with Crippen molar-refractivity contribution in [1.29, 1.82) is 0 Å². The molecule has 1 N–H and O–H groups in total. The van der Waals surface area contributed by atoms with E-state index in [1.165, 1.54) is 0 Å². The van der Waals surface area contributed by atoms with Crippen molar-refractivity contribution in [3.63, 3.8) is 0 Å². The first-order chi connectivity index (χ1) is 13.6. The van der Waals surface area contributed by atoms with Gasteiger partial charge in [0.15, 0.2) is 11.5 Å². The van der Waals surface area contributed by atoms with Gasteiger partial charge in [0.1, 0.15) is 5.82 Å². The number of H-pyrrole nitrogens is 1. The Balaban J connectivity index is 1.59. The summed E-state index contributed by atoms with van der Waals surface area (Å²) < 4.78 is 10.9. The number of rotatable bonds is 4. The van der Waals surface area contributed by atoms with Crippen LogP contribution in [0.3, 0.4) is 0 Å². The van der Waals surface area contributed by atoms with Crippen molar-refractivity contribution in [3.8, 4) is 11.5 Å². The lowest BCUT2D eigenvalue weighted by molar-refractivity contribution is 0.356. The highest BCUT2D eigenvalue weighted by molar-refractivity contribution is 5.87. The van der Waals surface area contributed by atoms with Crippen molar-refractivity contribution in [1.82, 2.24) is 9.97 Å². The normalized spacial score (nSPS) is 15.0. The zero-order chi connectivity index (χ0) is 19.7. The van der Waals surface area contributed by atoms with E-state index in [-0.39, 0.29) is 5.56 Å². The van der Waals surface area contributed by atoms with E-state index in [4.69, 9.17) is 14.5 Å². The number of hydrogen-bond acceptors (Lipinski definition) is 5. The summed E-state index contributed by atoms with van der Waals surface area (Å²) in [7, 11) is 3.28. The Morgan fingerprint density at radius 3 is 2.46 bits per heavy atom. The van der Waals surface area contributed by atoms with Crippen molar-refractivity contribution in [3.05, 3.63) is 58.0 Å². The highest BCUT2D eigenvalue weighted by Gasteiger charge is 2.22. The minimum atomic E-state index is -0.0314. The topological polar surface area (TPSA) is 67.5 Å². The van der Waals surface area contributed by atoms with Gasteiger partial charge in [-0.15, -0.1) is 0 Å². The van der Waals surface area contributed by atoms with Crippen LogP contribution >= 0.6 is 0 Å². The molecule has 0 unspecified atom stereocenters. The maximum atomic E-state index is 11.6. The maximum absolute atomic E-state index is 11.6. The van der Waals surface area contributed by atoms with E-state index in [2.05, 4.69) is 22.9 Å². The van der Waals surface area contributed by atoms with Gasteiger partial charge in [-0.1, -0.05) is 0 Å². The molecule has 0 aliphatic carbocycles. The second kappa shape index (κ2) is 7.54. The second-order valence-electron chi connectivity index (χ2n) is 7.27. The molecule has 0 amide bonds. The molecule has 1 fully saturated rings. The number of aromatic amines is 1. The number of benzene rings is 1. The first-order valence-electron chi connectivity index (χ1n) is 9.56. The summed E-state index contributed by atoms with van der Waals surface area (Å²) in [5.74, 6) is 2.81. The zero-order valence-electron chi connectivity index (χ0n) is 16.5. The lowest BCUT2D eigenvalue weighted by Gasteiger charge is -2.33. The number of fused-ring (bicyclic) bond motifs is 1. The van der Waals surface area contributed by atoms with Crippen molar-refractivity contribution >= 4 is 16.7 Å². The molecular weight excluding hydrogens is 354 g/mol. The third kappa shape index (κ3) is 3.42. The van der Waals surface area contributed by atoms with Crippen LogP contribution in [0.15, 0.2) is 41.3 Å². The molecule has 4 rings (SSSR count). The van der Waals surface area contributed by atoms with E-state index in [1.54, 1.807) is 26.5 Å². The zero-order valence-corrected chi connectivity index (χ0v) is 16.5. The molecule has 0 saturated carbocycles. The number of nitrogens with zero attached hydrogens (tertiary/aromatic N) is 2. The fraction of sp³-hybridized carbons (Fsp3) is 0.364. The Morgan fingerprint density at radius 1 is 1.07 bits per heavy atom. The van der Waals surface area contributed by atoms with Gasteiger partial charge in [0, 0.05) is 36.8 Å². The van der Waals surface area contributed by atoms with Crippen molar-refractivity contribution in [2.24, 2.45) is 0 Å². The van der Waals surface area contributed by atoms with E-state index in [0.29, 0.717) is 17.4 Å². The molecule has 1 saturated heterocycles. The minimum Gasteiger partial charge on any atom is -0.493 e. The predicted molar refractivity (Wildman–Crippen MR) is 111 cm³/mol. The van der Waals surface area contributed by atoms with E-state index < -0.39 is 0 Å². The Kier molecular flexibility index (Phi) is 4.94. The van der Waals surface area contributed by atoms with Gasteiger partial charge in [-0.2, -0.15) is 0 Å². The summed E-state index contributed by atoms with van der Waals surface area (Å²) in [6, 6.07) is 9.80. The number of methoxy groups -OCH3 is 2. The summed E-state index contributed by atoms with van der Waals surface area (Å²) >= 11 is 0. The van der Waals surface area contributed by atoms with Gasteiger partial charge in [0.25, 0.3) is 0 Å². The molecule has 0 atom stereocenters. The molecule has 1 aliphatic heterocycles. The van der Waals surface area contributed by atoms with Crippen LogP contribution in [0.2, 0.25) is 0 Å². The molecule has 3 heterocycles. The van der Waals surface area contributed by atoms with Gasteiger partial charge >= 0.3 is 0 Å². The van der Waals surface area contributed by atoms with Crippen molar-refractivity contribution in [2.75, 3.05) is 32.2 Å². The molecule has 0 spiro atoms. The molecule has 1 aromatic carbocycles. The molecule has 2 aromatic heterocycles. The molecule has 1 aliphatic rings. The standard InChI is InChI=1S/C22H25N3O3/c1-14-10-21(24-18-13-20(28-3)19(27-2)12-17(14)18)25-8-5-15(6-9-25)16-4-7-23-22(26)11-16/h4,7,10-13,15H,5-6,8-9H2,1-3H3,(H,23,26). The van der Waals surface area contributed by atoms with E-state index in [1.807, 2.05) is 18.2 Å². The number of aromatic nitrogens is 2. The Morgan fingerprint density at radius 2 is 1.79 bits per heavy atom. The number of nitrogens with one attached hydrogen (secondary N) is 1. The highest BCUT2D eigenvalue weighted by atomic mass is 16.5. The van der Waals surface area contributed by atoms with Gasteiger partial charge < -0.3 is 19.4 Å². The molecule has 0 radical (unpaired) electrons. The Labute approximate surface area is 164 Å². The molecule has 6 nitrogen and oxygen atoms in total. The smallest absolute Gasteiger partial charge is 0.248 e. The third-order valence-electron chi connectivity index (χ3n) is 5.60. The number of anilines is 1. The van der Waals surface area contributed by atoms with Crippen LogP contribution in [0.4, 0.5) is 5.82 Å². The lowest BCUT2D eigenvalue weighted by Crippen LogP contribution is -2.33. The van der Waals surface area contributed by atoms with Gasteiger partial charge in [-0.25, -0.2) is 4.98 Å². The van der Waals surface area contributed by atoms with Gasteiger partial charge in [-0.05, 0) is 55.0 Å². The van der Waals surface area contributed by atoms with Crippen LogP contribution in [0.5, 0.6) is 11.5 Å². The average Bonchev–Trinajstić information content (AvgIpc) is 2.73. The van der Waals surface area contributed by atoms with Crippen LogP contribution in [-0.4, -0.2) is 37.3 Å². The summed E-state index contributed by atoms with van der Waals surface area (Å²) in [6.45, 7) is 3.94. The number of hydrogen-bond donors (Lipinski definition) is 1. The predicted octanol–water partition coefficient (Wildman–Crippen LogP) is 3.63. The largest absolute Gasteiger partial charge is 0.493 e. The molecule has 6 heteroatoms. The van der Waals surface area contributed by atoms with E-state index >= 15 is 0 Å². The fourth-order valence-corrected chi connectivity index (χ4v) is 4.02. The molecule has 28 heavy (non-hydrogen) atoms. The number of piperidine rings is 1. The van der Waals surface area contributed by atoms with Crippen LogP contribution < -0.4 is 19.9 Å². The van der Waals surface area contributed by atoms with Crippen molar-refractivity contribution < 1.29 is 9.47 Å². The first kappa shape index (κ1) is 18.3. The van der Waals surface area contributed by atoms with E-state index in [0.717, 1.165) is 53.8 Å². The van der Waals surface area contributed by atoms with Crippen LogP contribution in [0, 0.1) is 6.92 Å². The summed E-state index contributed by atoms with van der Waals surface area (Å²) in [6.07, 6.45) is 3.75. The van der Waals surface area contributed by atoms with Gasteiger partial charge in [0.05, 0.1) is 19.7 Å². The molecule has 146 valence electrons. The number of aryl methyl sites for hydroxylation is 1. The third-order valence-corrected chi connectivity index (χ3v) is 5.60. The Hall–Kier alpha value is -3.02. The number of ether oxygens (including phenoxy) is 2.